The van der Waals surface area contributed by atoms with Gasteiger partial charge in [0.15, 0.2) is 0 Å². The fourth-order valence-corrected chi connectivity index (χ4v) is 4.75. The normalized spacial score (nSPS) is 23.4. The van der Waals surface area contributed by atoms with E-state index in [0.717, 1.165) is 6.54 Å². The molecule has 3 aliphatic rings. The Bertz CT molecular complexity index is 809. The largest absolute Gasteiger partial charge is 0.481 e. The van der Waals surface area contributed by atoms with Crippen LogP contribution >= 0.6 is 11.6 Å². The SMILES string of the molecule is O=C(O)CCC(=O)N1CC2(C1)CN(C(=O)c1ccc(Cl)cc1)C[C@@H]1COCCN12. The molecule has 29 heavy (non-hydrogen) atoms. The Balaban J connectivity index is 1.49. The van der Waals surface area contributed by atoms with Gasteiger partial charge in [0, 0.05) is 49.7 Å². The third-order valence-electron chi connectivity index (χ3n) is 6.01. The number of rotatable bonds is 4. The predicted molar refractivity (Wildman–Crippen MR) is 105 cm³/mol. The van der Waals surface area contributed by atoms with Crippen LogP contribution in [0.4, 0.5) is 0 Å². The molecule has 3 heterocycles. The highest BCUT2D eigenvalue weighted by Crippen LogP contribution is 2.36. The quantitative estimate of drug-likeness (QED) is 0.778. The summed E-state index contributed by atoms with van der Waals surface area (Å²) >= 11 is 5.94. The van der Waals surface area contributed by atoms with Crippen molar-refractivity contribution in [1.29, 1.82) is 0 Å². The number of carbonyl (C=O) groups excluding carboxylic acids is 2. The monoisotopic (exact) mass is 421 g/mol. The third kappa shape index (κ3) is 3.97. The van der Waals surface area contributed by atoms with Crippen LogP contribution < -0.4 is 0 Å². The summed E-state index contributed by atoms with van der Waals surface area (Å²) in [7, 11) is 0. The van der Waals surface area contributed by atoms with E-state index in [4.69, 9.17) is 21.4 Å². The molecule has 0 unspecified atom stereocenters. The summed E-state index contributed by atoms with van der Waals surface area (Å²) in [6.07, 6.45) is -0.158. The van der Waals surface area contributed by atoms with E-state index >= 15 is 0 Å². The van der Waals surface area contributed by atoms with E-state index in [9.17, 15) is 14.4 Å². The molecule has 4 rings (SSSR count). The van der Waals surface area contributed by atoms with Crippen LogP contribution in [0.1, 0.15) is 23.2 Å². The zero-order chi connectivity index (χ0) is 20.6. The summed E-state index contributed by atoms with van der Waals surface area (Å²) in [5.74, 6) is -1.18. The minimum Gasteiger partial charge on any atom is -0.481 e. The van der Waals surface area contributed by atoms with Crippen molar-refractivity contribution in [3.05, 3.63) is 34.9 Å². The van der Waals surface area contributed by atoms with Crippen molar-refractivity contribution in [1.82, 2.24) is 14.7 Å². The molecule has 0 saturated carbocycles. The first kappa shape index (κ1) is 20.1. The van der Waals surface area contributed by atoms with Crippen LogP contribution in [0.3, 0.4) is 0 Å². The molecule has 1 N–H and O–H groups in total. The molecule has 156 valence electrons. The number of ether oxygens (including phenoxy) is 1. The first-order valence-corrected chi connectivity index (χ1v) is 10.1. The molecule has 1 aromatic carbocycles. The average molecular weight is 422 g/mol. The highest BCUT2D eigenvalue weighted by atomic mass is 35.5. The smallest absolute Gasteiger partial charge is 0.303 e. The maximum absolute atomic E-state index is 13.1. The Morgan fingerprint density at radius 3 is 2.48 bits per heavy atom. The standard InChI is InChI=1S/C20H24ClN3O5/c21-15-3-1-14(2-4-15)19(28)22-9-16-10-29-8-7-24(16)20(11-22)12-23(13-20)17(25)5-6-18(26)27/h1-4,16H,5-13H2,(H,26,27)/t16-/m1/s1. The maximum Gasteiger partial charge on any atom is 0.303 e. The van der Waals surface area contributed by atoms with Crippen LogP contribution in [0.15, 0.2) is 24.3 Å². The van der Waals surface area contributed by atoms with Gasteiger partial charge in [0.05, 0.1) is 31.2 Å². The van der Waals surface area contributed by atoms with Gasteiger partial charge >= 0.3 is 5.97 Å². The molecule has 3 saturated heterocycles. The van der Waals surface area contributed by atoms with Crippen LogP contribution in [-0.4, -0.2) is 95.1 Å². The lowest BCUT2D eigenvalue weighted by Crippen LogP contribution is -2.81. The molecule has 0 aliphatic carbocycles. The van der Waals surface area contributed by atoms with Crippen molar-refractivity contribution in [2.45, 2.75) is 24.4 Å². The van der Waals surface area contributed by atoms with Crippen molar-refractivity contribution in [2.24, 2.45) is 0 Å². The van der Waals surface area contributed by atoms with Crippen molar-refractivity contribution < 1.29 is 24.2 Å². The second-order valence-corrected chi connectivity index (χ2v) is 8.42. The van der Waals surface area contributed by atoms with Crippen molar-refractivity contribution in [3.63, 3.8) is 0 Å². The van der Waals surface area contributed by atoms with E-state index in [0.29, 0.717) is 50.0 Å². The van der Waals surface area contributed by atoms with Gasteiger partial charge in [-0.1, -0.05) is 11.6 Å². The topological polar surface area (TPSA) is 90.4 Å². The summed E-state index contributed by atoms with van der Waals surface area (Å²) in [4.78, 5) is 42.1. The number of benzene rings is 1. The second kappa shape index (κ2) is 7.93. The van der Waals surface area contributed by atoms with Gasteiger partial charge in [-0.05, 0) is 24.3 Å². The third-order valence-corrected chi connectivity index (χ3v) is 6.26. The summed E-state index contributed by atoms with van der Waals surface area (Å²) in [5.41, 5.74) is 0.289. The molecular formula is C20H24ClN3O5. The minimum atomic E-state index is -0.973. The predicted octanol–water partition coefficient (Wildman–Crippen LogP) is 0.942. The fraction of sp³-hybridized carbons (Fsp3) is 0.550. The Hall–Kier alpha value is -2.16. The minimum absolute atomic E-state index is 0.00533. The number of halogens is 1. The highest BCUT2D eigenvalue weighted by molar-refractivity contribution is 6.30. The van der Waals surface area contributed by atoms with Crippen LogP contribution in [0.25, 0.3) is 0 Å². The van der Waals surface area contributed by atoms with Gasteiger partial charge in [-0.15, -0.1) is 0 Å². The molecule has 0 bridgehead atoms. The second-order valence-electron chi connectivity index (χ2n) is 7.98. The number of carbonyl (C=O) groups is 3. The van der Waals surface area contributed by atoms with Gasteiger partial charge in [-0.2, -0.15) is 0 Å². The molecule has 1 spiro atoms. The van der Waals surface area contributed by atoms with Gasteiger partial charge < -0.3 is 19.6 Å². The zero-order valence-corrected chi connectivity index (χ0v) is 16.8. The van der Waals surface area contributed by atoms with E-state index in [1.54, 1.807) is 29.2 Å². The average Bonchev–Trinajstić information content (AvgIpc) is 2.69. The summed E-state index contributed by atoms with van der Waals surface area (Å²) in [5, 5.41) is 9.39. The molecule has 9 heteroatoms. The van der Waals surface area contributed by atoms with Crippen LogP contribution in [0, 0.1) is 0 Å². The lowest BCUT2D eigenvalue weighted by atomic mass is 9.82. The van der Waals surface area contributed by atoms with Gasteiger partial charge in [0.2, 0.25) is 5.91 Å². The number of carboxylic acid groups (broad SMARTS) is 1. The number of hydrogen-bond donors (Lipinski definition) is 1. The summed E-state index contributed by atoms with van der Waals surface area (Å²) < 4.78 is 5.65. The van der Waals surface area contributed by atoms with Crippen LogP contribution in [0.2, 0.25) is 5.02 Å². The molecule has 3 aliphatic heterocycles. The lowest BCUT2D eigenvalue weighted by molar-refractivity contribution is -0.173. The number of morpholine rings is 1. The van der Waals surface area contributed by atoms with Crippen molar-refractivity contribution >= 4 is 29.4 Å². The Morgan fingerprint density at radius 1 is 1.10 bits per heavy atom. The number of nitrogens with zero attached hydrogens (tertiary/aromatic N) is 3. The number of hydrogen-bond acceptors (Lipinski definition) is 5. The first-order valence-electron chi connectivity index (χ1n) is 9.77. The molecule has 1 atom stereocenters. The fourth-order valence-electron chi connectivity index (χ4n) is 4.62. The van der Waals surface area contributed by atoms with Crippen molar-refractivity contribution in [3.8, 4) is 0 Å². The highest BCUT2D eigenvalue weighted by Gasteiger charge is 2.55. The molecule has 0 aromatic heterocycles. The number of likely N-dealkylation sites (tertiary alicyclic amines) is 1. The van der Waals surface area contributed by atoms with Crippen molar-refractivity contribution in [2.75, 3.05) is 45.9 Å². The van der Waals surface area contributed by atoms with Gasteiger partial charge in [-0.3, -0.25) is 19.3 Å². The van der Waals surface area contributed by atoms with E-state index in [-0.39, 0.29) is 36.2 Å². The van der Waals surface area contributed by atoms with Crippen LogP contribution in [0.5, 0.6) is 0 Å². The molecule has 1 aromatic rings. The zero-order valence-electron chi connectivity index (χ0n) is 16.1. The van der Waals surface area contributed by atoms with Gasteiger partial charge in [0.1, 0.15) is 0 Å². The number of amides is 2. The summed E-state index contributed by atoms with van der Waals surface area (Å²) in [6, 6.07) is 6.95. The van der Waals surface area contributed by atoms with Gasteiger partial charge in [0.25, 0.3) is 5.91 Å². The number of aliphatic carboxylic acids is 1. The van der Waals surface area contributed by atoms with Crippen LogP contribution in [-0.2, 0) is 14.3 Å². The molecule has 8 nitrogen and oxygen atoms in total. The summed E-state index contributed by atoms with van der Waals surface area (Å²) in [6.45, 7) is 4.09. The van der Waals surface area contributed by atoms with E-state index in [1.165, 1.54) is 0 Å². The van der Waals surface area contributed by atoms with E-state index < -0.39 is 5.97 Å². The Labute approximate surface area is 173 Å². The number of carboxylic acids is 1. The molecule has 0 radical (unpaired) electrons. The maximum atomic E-state index is 13.1. The Kier molecular flexibility index (Phi) is 5.50. The lowest BCUT2D eigenvalue weighted by Gasteiger charge is -2.63. The molecule has 2 amide bonds. The number of fused-ring (bicyclic) bond motifs is 2. The van der Waals surface area contributed by atoms with Gasteiger partial charge in [-0.25, -0.2) is 0 Å². The number of piperazine rings is 1. The molecule has 3 fully saturated rings. The Morgan fingerprint density at radius 2 is 1.79 bits per heavy atom. The first-order chi connectivity index (χ1) is 13.9. The van der Waals surface area contributed by atoms with E-state index in [2.05, 4.69) is 4.90 Å². The molecular weight excluding hydrogens is 398 g/mol. The van der Waals surface area contributed by atoms with E-state index in [1.807, 2.05) is 4.90 Å².